The monoisotopic (exact) mass is 640 g/mol. The highest BCUT2D eigenvalue weighted by Gasteiger charge is 2.17. The van der Waals surface area contributed by atoms with Crippen molar-refractivity contribution in [3.05, 3.63) is 168 Å². The third-order valence-electron chi connectivity index (χ3n) is 9.48. The highest BCUT2D eigenvalue weighted by molar-refractivity contribution is 5.89. The number of aryl methyl sites for hydroxylation is 4. The minimum atomic E-state index is 0.860. The fourth-order valence-corrected chi connectivity index (χ4v) is 6.64. The minimum absolute atomic E-state index is 0.860. The average Bonchev–Trinajstić information content (AvgIpc) is 3.59. The molecule has 244 valence electrons. The molecule has 0 bridgehead atoms. The Morgan fingerprint density at radius 2 is 0.776 bits per heavy atom. The van der Waals surface area contributed by atoms with Gasteiger partial charge in [-0.3, -0.25) is 0 Å². The van der Waals surface area contributed by atoms with Crippen molar-refractivity contribution >= 4 is 45.1 Å². The van der Waals surface area contributed by atoms with Gasteiger partial charge >= 0.3 is 0 Å². The maximum absolute atomic E-state index is 6.47. The van der Waals surface area contributed by atoms with Crippen molar-refractivity contribution in [3.63, 3.8) is 0 Å². The lowest BCUT2D eigenvalue weighted by Crippen LogP contribution is -2.10. The normalized spacial score (nSPS) is 11.2. The Bertz CT molecular complexity index is 2100. The van der Waals surface area contributed by atoms with Crippen LogP contribution >= 0.6 is 0 Å². The Hall–Kier alpha value is -5.54. The van der Waals surface area contributed by atoms with E-state index in [0.717, 1.165) is 82.1 Å². The van der Waals surface area contributed by atoms with E-state index in [1.54, 1.807) is 0 Å². The molecule has 7 aromatic rings. The maximum Gasteiger partial charge on any atom is 0.135 e. The fourth-order valence-electron chi connectivity index (χ4n) is 6.64. The van der Waals surface area contributed by atoms with Gasteiger partial charge in [-0.2, -0.15) is 0 Å². The van der Waals surface area contributed by atoms with E-state index >= 15 is 0 Å². The van der Waals surface area contributed by atoms with Gasteiger partial charge in [0.25, 0.3) is 0 Å². The Morgan fingerprint density at radius 1 is 0.388 bits per heavy atom. The van der Waals surface area contributed by atoms with E-state index < -0.39 is 0 Å². The lowest BCUT2D eigenvalue weighted by Gasteiger charge is -2.26. The van der Waals surface area contributed by atoms with Crippen LogP contribution in [0.25, 0.3) is 22.3 Å². The first-order valence-corrected chi connectivity index (χ1v) is 17.7. The molecule has 0 amide bonds. The molecule has 3 heteroatoms. The van der Waals surface area contributed by atoms with Crippen LogP contribution in [0, 0.1) is 0 Å². The summed E-state index contributed by atoms with van der Waals surface area (Å²) in [5, 5.41) is 1.08. The van der Waals surface area contributed by atoms with Gasteiger partial charge < -0.3 is 14.2 Å². The van der Waals surface area contributed by atoms with Crippen molar-refractivity contribution < 1.29 is 4.42 Å². The number of anilines is 6. The number of fused-ring (bicyclic) bond motifs is 1. The summed E-state index contributed by atoms with van der Waals surface area (Å²) in [6.45, 7) is 8.82. The predicted octanol–water partition coefficient (Wildman–Crippen LogP) is 13.3. The van der Waals surface area contributed by atoms with Gasteiger partial charge in [0.15, 0.2) is 0 Å². The smallest absolute Gasteiger partial charge is 0.135 e. The van der Waals surface area contributed by atoms with Crippen LogP contribution in [0.3, 0.4) is 0 Å². The average molecular weight is 641 g/mol. The summed E-state index contributed by atoms with van der Waals surface area (Å²) in [7, 11) is 0. The molecule has 0 aliphatic heterocycles. The lowest BCUT2D eigenvalue weighted by molar-refractivity contribution is 0.631. The van der Waals surface area contributed by atoms with Crippen molar-refractivity contribution in [1.29, 1.82) is 0 Å². The van der Waals surface area contributed by atoms with Crippen LogP contribution in [0.5, 0.6) is 0 Å². The topological polar surface area (TPSA) is 19.6 Å². The first-order valence-electron chi connectivity index (χ1n) is 17.7. The van der Waals surface area contributed by atoms with Gasteiger partial charge in [0.05, 0.1) is 0 Å². The van der Waals surface area contributed by atoms with E-state index in [9.17, 15) is 0 Å². The van der Waals surface area contributed by atoms with Crippen molar-refractivity contribution in [3.8, 4) is 11.3 Å². The quantitative estimate of drug-likeness (QED) is 0.140. The van der Waals surface area contributed by atoms with Crippen molar-refractivity contribution in [2.75, 3.05) is 9.80 Å². The second kappa shape index (κ2) is 14.3. The summed E-state index contributed by atoms with van der Waals surface area (Å²) in [5.74, 6) is 0.860. The molecule has 0 aliphatic rings. The molecular weight excluding hydrogens is 597 g/mol. The summed E-state index contributed by atoms with van der Waals surface area (Å²) in [5.41, 5.74) is 14.1. The van der Waals surface area contributed by atoms with E-state index in [4.69, 9.17) is 4.42 Å². The Morgan fingerprint density at radius 3 is 1.20 bits per heavy atom. The van der Waals surface area contributed by atoms with Crippen LogP contribution in [0.4, 0.5) is 34.1 Å². The van der Waals surface area contributed by atoms with Gasteiger partial charge in [-0.05, 0) is 145 Å². The van der Waals surface area contributed by atoms with Crippen LogP contribution in [0.1, 0.15) is 49.9 Å². The largest absolute Gasteiger partial charge is 0.456 e. The van der Waals surface area contributed by atoms with E-state index in [2.05, 4.69) is 183 Å². The zero-order valence-corrected chi connectivity index (χ0v) is 29.0. The number of benzene rings is 6. The Kier molecular flexibility index (Phi) is 9.34. The maximum atomic E-state index is 6.47. The Labute approximate surface area is 291 Å². The zero-order chi connectivity index (χ0) is 33.7. The van der Waals surface area contributed by atoms with Gasteiger partial charge in [0, 0.05) is 45.1 Å². The van der Waals surface area contributed by atoms with Crippen LogP contribution in [0.2, 0.25) is 0 Å². The predicted molar refractivity (Wildman–Crippen MR) is 209 cm³/mol. The number of nitrogens with zero attached hydrogens (tertiary/aromatic N) is 2. The molecule has 0 fully saturated rings. The van der Waals surface area contributed by atoms with E-state index in [1.165, 1.54) is 22.3 Å². The SMILES string of the molecule is CCc1cccc(N(c2ccc(-c3cc4cc(N(c5cccc(CC)c5)c5cccc(CC)c5)ccc4o3)cc2)c2cccc(CC)c2)c1. The molecule has 0 spiro atoms. The summed E-state index contributed by atoms with van der Waals surface area (Å²) in [6.07, 6.45) is 3.98. The van der Waals surface area contributed by atoms with Crippen molar-refractivity contribution in [2.45, 2.75) is 53.4 Å². The molecule has 1 heterocycles. The standard InChI is InChI=1S/C46H44N2O/c1-5-33-13-9-17-40(27-33)47(41-18-10-14-34(6-2)28-41)39-23-21-37(22-24-39)46-32-38-31-44(25-26-45(38)49-46)48(42-19-11-15-35(7-3)29-42)43-20-12-16-36(8-4)30-43/h9-32H,5-8H2,1-4H3. The van der Waals surface area contributed by atoms with E-state index in [0.29, 0.717) is 0 Å². The highest BCUT2D eigenvalue weighted by Crippen LogP contribution is 2.40. The molecule has 7 rings (SSSR count). The second-order valence-electron chi connectivity index (χ2n) is 12.6. The zero-order valence-electron chi connectivity index (χ0n) is 29.0. The molecular formula is C46H44N2O. The molecule has 49 heavy (non-hydrogen) atoms. The van der Waals surface area contributed by atoms with E-state index in [-0.39, 0.29) is 0 Å². The van der Waals surface area contributed by atoms with E-state index in [1.807, 2.05) is 0 Å². The summed E-state index contributed by atoms with van der Waals surface area (Å²) in [6, 6.07) is 52.8. The summed E-state index contributed by atoms with van der Waals surface area (Å²) >= 11 is 0. The molecule has 0 saturated heterocycles. The van der Waals surface area contributed by atoms with Crippen molar-refractivity contribution in [1.82, 2.24) is 0 Å². The van der Waals surface area contributed by atoms with Gasteiger partial charge in [-0.1, -0.05) is 76.2 Å². The third-order valence-corrected chi connectivity index (χ3v) is 9.48. The first kappa shape index (κ1) is 32.0. The third kappa shape index (κ3) is 6.75. The van der Waals surface area contributed by atoms with Crippen LogP contribution in [0.15, 0.2) is 150 Å². The minimum Gasteiger partial charge on any atom is -0.456 e. The number of hydrogen-bond donors (Lipinski definition) is 0. The summed E-state index contributed by atoms with van der Waals surface area (Å²) in [4.78, 5) is 4.71. The number of rotatable bonds is 11. The van der Waals surface area contributed by atoms with Gasteiger partial charge in [-0.15, -0.1) is 0 Å². The molecule has 0 atom stereocenters. The van der Waals surface area contributed by atoms with Crippen molar-refractivity contribution in [2.24, 2.45) is 0 Å². The molecule has 0 saturated carbocycles. The number of hydrogen-bond acceptors (Lipinski definition) is 3. The fraction of sp³-hybridized carbons (Fsp3) is 0.174. The number of furan rings is 1. The molecule has 6 aromatic carbocycles. The first-order chi connectivity index (χ1) is 24.1. The second-order valence-corrected chi connectivity index (χ2v) is 12.6. The molecule has 0 N–H and O–H groups in total. The lowest BCUT2D eigenvalue weighted by atomic mass is 10.1. The highest BCUT2D eigenvalue weighted by atomic mass is 16.3. The molecule has 0 aliphatic carbocycles. The van der Waals surface area contributed by atoms with Gasteiger partial charge in [-0.25, -0.2) is 0 Å². The Balaban J connectivity index is 1.25. The van der Waals surface area contributed by atoms with Gasteiger partial charge in [0.2, 0.25) is 0 Å². The van der Waals surface area contributed by atoms with Crippen LogP contribution in [-0.2, 0) is 25.7 Å². The van der Waals surface area contributed by atoms with Gasteiger partial charge in [0.1, 0.15) is 11.3 Å². The molecule has 1 aromatic heterocycles. The summed E-state index contributed by atoms with van der Waals surface area (Å²) < 4.78 is 6.47. The molecule has 3 nitrogen and oxygen atoms in total. The van der Waals surface area contributed by atoms with Crippen LogP contribution in [-0.4, -0.2) is 0 Å². The van der Waals surface area contributed by atoms with Crippen LogP contribution < -0.4 is 9.80 Å². The molecule has 0 radical (unpaired) electrons. The molecule has 0 unspecified atom stereocenters.